The summed E-state index contributed by atoms with van der Waals surface area (Å²) in [6, 6.07) is 0.275. The first-order valence-electron chi connectivity index (χ1n) is 6.34. The van der Waals surface area contributed by atoms with Crippen molar-refractivity contribution < 1.29 is 4.79 Å². The van der Waals surface area contributed by atoms with E-state index in [-0.39, 0.29) is 11.9 Å². The minimum Gasteiger partial charge on any atom is -0.339 e. The lowest BCUT2D eigenvalue weighted by Crippen LogP contribution is -2.54. The van der Waals surface area contributed by atoms with Gasteiger partial charge in [-0.2, -0.15) is 0 Å². The Kier molecular flexibility index (Phi) is 5.22. The van der Waals surface area contributed by atoms with Crippen LogP contribution in [0.15, 0.2) is 0 Å². The van der Waals surface area contributed by atoms with Crippen molar-refractivity contribution in [1.29, 1.82) is 0 Å². The van der Waals surface area contributed by atoms with Gasteiger partial charge in [0.1, 0.15) is 0 Å². The minimum atomic E-state index is -0.296. The first-order chi connectivity index (χ1) is 7.56. The molecular weight excluding hydrogens is 202 g/mol. The average molecular weight is 227 g/mol. The Morgan fingerprint density at radius 3 is 2.25 bits per heavy atom. The molecule has 0 aromatic heterocycles. The number of rotatable bonds is 4. The van der Waals surface area contributed by atoms with Gasteiger partial charge in [0.25, 0.3) is 0 Å². The van der Waals surface area contributed by atoms with Crippen LogP contribution in [0.4, 0.5) is 0 Å². The molecule has 0 radical (unpaired) electrons. The van der Waals surface area contributed by atoms with E-state index in [1.54, 1.807) is 0 Å². The summed E-state index contributed by atoms with van der Waals surface area (Å²) in [6.45, 7) is 10.1. The third kappa shape index (κ3) is 3.46. The van der Waals surface area contributed by atoms with Crippen molar-refractivity contribution in [1.82, 2.24) is 9.80 Å². The number of hydrogen-bond donors (Lipinski definition) is 1. The highest BCUT2D eigenvalue weighted by Crippen LogP contribution is 2.08. The van der Waals surface area contributed by atoms with Crippen LogP contribution in [-0.2, 0) is 4.79 Å². The van der Waals surface area contributed by atoms with E-state index >= 15 is 0 Å². The monoisotopic (exact) mass is 227 g/mol. The molecule has 1 atom stereocenters. The minimum absolute atomic E-state index is 0.130. The molecule has 1 fully saturated rings. The Labute approximate surface area is 98.8 Å². The third-order valence-electron chi connectivity index (χ3n) is 3.27. The molecule has 0 aliphatic carbocycles. The molecule has 1 aliphatic heterocycles. The highest BCUT2D eigenvalue weighted by Gasteiger charge is 2.25. The van der Waals surface area contributed by atoms with Crippen molar-refractivity contribution in [2.75, 3.05) is 26.2 Å². The normalized spacial score (nSPS) is 20.2. The summed E-state index contributed by atoms with van der Waals surface area (Å²) < 4.78 is 0. The number of nitrogens with zero attached hydrogens (tertiary/aromatic N) is 2. The molecule has 0 aromatic rings. The predicted molar refractivity (Wildman–Crippen MR) is 66.2 cm³/mol. The Balaban J connectivity index is 2.38. The maximum absolute atomic E-state index is 11.9. The summed E-state index contributed by atoms with van der Waals surface area (Å²) >= 11 is 0. The second-order valence-corrected chi connectivity index (χ2v) is 4.85. The van der Waals surface area contributed by atoms with E-state index in [2.05, 4.69) is 25.7 Å². The highest BCUT2D eigenvalue weighted by molar-refractivity contribution is 5.81. The number of hydrogen-bond acceptors (Lipinski definition) is 3. The zero-order chi connectivity index (χ0) is 12.1. The summed E-state index contributed by atoms with van der Waals surface area (Å²) in [7, 11) is 0. The van der Waals surface area contributed by atoms with Crippen LogP contribution < -0.4 is 5.73 Å². The van der Waals surface area contributed by atoms with E-state index < -0.39 is 0 Å². The molecule has 1 rings (SSSR count). The fourth-order valence-electron chi connectivity index (χ4n) is 2.13. The molecule has 0 unspecified atom stereocenters. The molecule has 4 heteroatoms. The van der Waals surface area contributed by atoms with Crippen LogP contribution >= 0.6 is 0 Å². The molecule has 0 aromatic carbocycles. The Morgan fingerprint density at radius 1 is 1.25 bits per heavy atom. The molecule has 0 saturated carbocycles. The number of carbonyl (C=O) groups excluding carboxylic acids is 1. The molecule has 1 amide bonds. The van der Waals surface area contributed by atoms with Gasteiger partial charge in [0.15, 0.2) is 0 Å². The van der Waals surface area contributed by atoms with Crippen LogP contribution in [0.25, 0.3) is 0 Å². The van der Waals surface area contributed by atoms with Crippen LogP contribution in [0.1, 0.15) is 33.6 Å². The van der Waals surface area contributed by atoms with Gasteiger partial charge in [-0.05, 0) is 20.3 Å². The number of carbonyl (C=O) groups is 1. The van der Waals surface area contributed by atoms with Gasteiger partial charge in [-0.25, -0.2) is 0 Å². The van der Waals surface area contributed by atoms with Gasteiger partial charge >= 0.3 is 0 Å². The van der Waals surface area contributed by atoms with Crippen LogP contribution in [0.2, 0.25) is 0 Å². The number of nitrogens with two attached hydrogens (primary N) is 1. The van der Waals surface area contributed by atoms with Crippen molar-refractivity contribution in [2.24, 2.45) is 5.73 Å². The second-order valence-electron chi connectivity index (χ2n) is 4.85. The van der Waals surface area contributed by atoms with E-state index in [9.17, 15) is 4.79 Å². The van der Waals surface area contributed by atoms with E-state index in [0.29, 0.717) is 6.04 Å². The van der Waals surface area contributed by atoms with E-state index in [0.717, 1.165) is 39.0 Å². The lowest BCUT2D eigenvalue weighted by molar-refractivity contribution is -0.134. The van der Waals surface area contributed by atoms with Gasteiger partial charge < -0.3 is 10.6 Å². The summed E-state index contributed by atoms with van der Waals surface area (Å²) in [5.74, 6) is 0.130. The Bertz CT molecular complexity index is 222. The predicted octanol–water partition coefficient (Wildman–Crippen LogP) is 0.666. The summed E-state index contributed by atoms with van der Waals surface area (Å²) in [5.41, 5.74) is 5.85. The first kappa shape index (κ1) is 13.5. The van der Waals surface area contributed by atoms with E-state index in [1.165, 1.54) is 0 Å². The zero-order valence-electron chi connectivity index (χ0n) is 10.8. The van der Waals surface area contributed by atoms with Crippen LogP contribution in [0.3, 0.4) is 0 Å². The molecule has 2 N–H and O–H groups in total. The largest absolute Gasteiger partial charge is 0.339 e. The van der Waals surface area contributed by atoms with Crippen molar-refractivity contribution in [2.45, 2.75) is 45.7 Å². The molecule has 1 aliphatic rings. The average Bonchev–Trinajstić information content (AvgIpc) is 2.28. The van der Waals surface area contributed by atoms with E-state index in [1.807, 2.05) is 4.90 Å². The molecule has 0 bridgehead atoms. The SMILES string of the molecule is CCC[C@H](N)C(=O)N1CCN(C(C)C)CC1. The smallest absolute Gasteiger partial charge is 0.239 e. The molecule has 1 saturated heterocycles. The highest BCUT2D eigenvalue weighted by atomic mass is 16.2. The Hall–Kier alpha value is -0.610. The number of piperazine rings is 1. The fourth-order valence-corrected chi connectivity index (χ4v) is 2.13. The lowest BCUT2D eigenvalue weighted by Gasteiger charge is -2.37. The third-order valence-corrected chi connectivity index (χ3v) is 3.27. The van der Waals surface area contributed by atoms with Crippen LogP contribution in [-0.4, -0.2) is 54.0 Å². The summed E-state index contributed by atoms with van der Waals surface area (Å²) in [4.78, 5) is 16.3. The van der Waals surface area contributed by atoms with Gasteiger partial charge in [0, 0.05) is 32.2 Å². The maximum Gasteiger partial charge on any atom is 0.239 e. The lowest BCUT2D eigenvalue weighted by atomic mass is 10.1. The second kappa shape index (κ2) is 6.21. The van der Waals surface area contributed by atoms with Crippen molar-refractivity contribution in [3.05, 3.63) is 0 Å². The fraction of sp³-hybridized carbons (Fsp3) is 0.917. The quantitative estimate of drug-likeness (QED) is 0.768. The Morgan fingerprint density at radius 2 is 1.81 bits per heavy atom. The standard InChI is InChI=1S/C12H25N3O/c1-4-5-11(13)12(16)15-8-6-14(7-9-15)10(2)3/h10-11H,4-9,13H2,1-3H3/t11-/m0/s1. The van der Waals surface area contributed by atoms with E-state index in [4.69, 9.17) is 5.73 Å². The molecule has 0 spiro atoms. The van der Waals surface area contributed by atoms with Crippen molar-refractivity contribution >= 4 is 5.91 Å². The first-order valence-corrected chi connectivity index (χ1v) is 6.34. The number of amides is 1. The van der Waals surface area contributed by atoms with Gasteiger partial charge in [-0.1, -0.05) is 13.3 Å². The summed E-state index contributed by atoms with van der Waals surface area (Å²) in [6.07, 6.45) is 1.77. The maximum atomic E-state index is 11.9. The zero-order valence-corrected chi connectivity index (χ0v) is 10.8. The van der Waals surface area contributed by atoms with Gasteiger partial charge in [-0.3, -0.25) is 9.69 Å². The van der Waals surface area contributed by atoms with Crippen molar-refractivity contribution in [3.8, 4) is 0 Å². The van der Waals surface area contributed by atoms with Gasteiger partial charge in [0.05, 0.1) is 6.04 Å². The summed E-state index contributed by atoms with van der Waals surface area (Å²) in [5, 5.41) is 0. The van der Waals surface area contributed by atoms with Crippen LogP contribution in [0, 0.1) is 0 Å². The van der Waals surface area contributed by atoms with Gasteiger partial charge in [-0.15, -0.1) is 0 Å². The van der Waals surface area contributed by atoms with Crippen molar-refractivity contribution in [3.63, 3.8) is 0 Å². The molecule has 1 heterocycles. The molecule has 16 heavy (non-hydrogen) atoms. The van der Waals surface area contributed by atoms with Gasteiger partial charge in [0.2, 0.25) is 5.91 Å². The topological polar surface area (TPSA) is 49.6 Å². The van der Waals surface area contributed by atoms with Crippen LogP contribution in [0.5, 0.6) is 0 Å². The molecule has 4 nitrogen and oxygen atoms in total. The molecule has 94 valence electrons. The molecular formula is C12H25N3O.